The number of imidazole rings is 1. The maximum Gasteiger partial charge on any atom is 0.332 e. The molecule has 2 aromatic heterocycles. The standard InChI is InChI=1S/C12H18N4O4/c1-3-14-7-13-10-9(14)11(19)16(5-8(18)6-17)12(20)15(10)4-2/h7-8,17-18H,3-6H2,1-2H3. The lowest BCUT2D eigenvalue weighted by atomic mass is 10.3. The average molecular weight is 282 g/mol. The van der Waals surface area contributed by atoms with Crippen LogP contribution in [0.25, 0.3) is 11.2 Å². The molecule has 20 heavy (non-hydrogen) atoms. The van der Waals surface area contributed by atoms with E-state index in [4.69, 9.17) is 5.11 Å². The van der Waals surface area contributed by atoms with Gasteiger partial charge in [-0.1, -0.05) is 0 Å². The normalized spacial score (nSPS) is 13.0. The van der Waals surface area contributed by atoms with Crippen molar-refractivity contribution >= 4 is 11.2 Å². The molecule has 0 amide bonds. The predicted octanol–water partition coefficient (Wildman–Crippen LogP) is -1.25. The SMILES string of the molecule is CCn1cnc2c1c(=O)n(CC(O)CO)c(=O)n2CC. The third-order valence-corrected chi connectivity index (χ3v) is 3.24. The van der Waals surface area contributed by atoms with Crippen molar-refractivity contribution in [2.75, 3.05) is 6.61 Å². The van der Waals surface area contributed by atoms with E-state index in [9.17, 15) is 14.7 Å². The lowest BCUT2D eigenvalue weighted by molar-refractivity contribution is 0.0791. The van der Waals surface area contributed by atoms with E-state index in [1.54, 1.807) is 11.5 Å². The third-order valence-electron chi connectivity index (χ3n) is 3.24. The van der Waals surface area contributed by atoms with Gasteiger partial charge >= 0.3 is 5.69 Å². The fraction of sp³-hybridized carbons (Fsp3) is 0.583. The zero-order valence-corrected chi connectivity index (χ0v) is 11.5. The Hall–Kier alpha value is -1.93. The third kappa shape index (κ3) is 2.16. The van der Waals surface area contributed by atoms with Crippen LogP contribution in [0, 0.1) is 0 Å². The number of rotatable bonds is 5. The first-order valence-corrected chi connectivity index (χ1v) is 6.52. The molecule has 1 atom stereocenters. The van der Waals surface area contributed by atoms with Gasteiger partial charge < -0.3 is 14.8 Å². The van der Waals surface area contributed by atoms with Gasteiger partial charge in [0.15, 0.2) is 11.2 Å². The highest BCUT2D eigenvalue weighted by Crippen LogP contribution is 2.06. The van der Waals surface area contributed by atoms with Crippen molar-refractivity contribution in [2.24, 2.45) is 0 Å². The highest BCUT2D eigenvalue weighted by molar-refractivity contribution is 5.70. The van der Waals surface area contributed by atoms with E-state index in [0.29, 0.717) is 24.3 Å². The number of aromatic nitrogens is 4. The van der Waals surface area contributed by atoms with Crippen molar-refractivity contribution in [3.8, 4) is 0 Å². The molecule has 0 aliphatic heterocycles. The Kier molecular flexibility index (Phi) is 4.05. The van der Waals surface area contributed by atoms with Gasteiger partial charge in [-0.25, -0.2) is 9.78 Å². The lowest BCUT2D eigenvalue weighted by Gasteiger charge is -2.12. The number of aliphatic hydroxyl groups excluding tert-OH is 2. The van der Waals surface area contributed by atoms with Crippen LogP contribution in [-0.2, 0) is 19.6 Å². The zero-order chi connectivity index (χ0) is 14.9. The summed E-state index contributed by atoms with van der Waals surface area (Å²) in [5.41, 5.74) is -0.349. The smallest absolute Gasteiger partial charge is 0.332 e. The van der Waals surface area contributed by atoms with Crippen molar-refractivity contribution in [2.45, 2.75) is 39.6 Å². The minimum Gasteiger partial charge on any atom is -0.394 e. The summed E-state index contributed by atoms with van der Waals surface area (Å²) in [6, 6.07) is 0. The van der Waals surface area contributed by atoms with Gasteiger partial charge in [-0.2, -0.15) is 0 Å². The van der Waals surface area contributed by atoms with Gasteiger partial charge in [0.05, 0.1) is 25.6 Å². The Morgan fingerprint density at radius 2 is 1.95 bits per heavy atom. The molecular weight excluding hydrogens is 264 g/mol. The van der Waals surface area contributed by atoms with Crippen molar-refractivity contribution < 1.29 is 10.2 Å². The van der Waals surface area contributed by atoms with Crippen LogP contribution in [0.5, 0.6) is 0 Å². The number of nitrogens with zero attached hydrogens (tertiary/aromatic N) is 4. The summed E-state index contributed by atoms with van der Waals surface area (Å²) in [6.07, 6.45) is 0.367. The van der Waals surface area contributed by atoms with Crippen molar-refractivity contribution in [1.82, 2.24) is 18.7 Å². The largest absolute Gasteiger partial charge is 0.394 e. The van der Waals surface area contributed by atoms with Crippen LogP contribution in [0.15, 0.2) is 15.9 Å². The second-order valence-electron chi connectivity index (χ2n) is 4.48. The average Bonchev–Trinajstić information content (AvgIpc) is 2.87. The quantitative estimate of drug-likeness (QED) is 0.713. The molecule has 110 valence electrons. The predicted molar refractivity (Wildman–Crippen MR) is 72.7 cm³/mol. The van der Waals surface area contributed by atoms with Crippen molar-refractivity contribution in [3.05, 3.63) is 27.2 Å². The molecule has 0 aliphatic rings. The van der Waals surface area contributed by atoms with Crippen LogP contribution in [0.3, 0.4) is 0 Å². The summed E-state index contributed by atoms with van der Waals surface area (Å²) in [4.78, 5) is 28.8. The molecule has 0 fully saturated rings. The van der Waals surface area contributed by atoms with E-state index in [1.807, 2.05) is 6.92 Å². The monoisotopic (exact) mass is 282 g/mol. The van der Waals surface area contributed by atoms with Gasteiger partial charge in [-0.05, 0) is 13.8 Å². The minimum absolute atomic E-state index is 0.237. The Bertz CT molecular complexity index is 727. The first-order chi connectivity index (χ1) is 9.54. The second-order valence-corrected chi connectivity index (χ2v) is 4.48. The first-order valence-electron chi connectivity index (χ1n) is 6.52. The van der Waals surface area contributed by atoms with Gasteiger partial charge in [0.2, 0.25) is 0 Å². The molecule has 1 unspecified atom stereocenters. The number of hydrogen-bond acceptors (Lipinski definition) is 5. The van der Waals surface area contributed by atoms with Gasteiger partial charge in [0.1, 0.15) is 0 Å². The Morgan fingerprint density at radius 1 is 1.25 bits per heavy atom. The van der Waals surface area contributed by atoms with Crippen LogP contribution >= 0.6 is 0 Å². The van der Waals surface area contributed by atoms with Gasteiger partial charge in [-0.15, -0.1) is 0 Å². The highest BCUT2D eigenvalue weighted by atomic mass is 16.3. The van der Waals surface area contributed by atoms with Crippen LogP contribution in [0.1, 0.15) is 13.8 Å². The van der Waals surface area contributed by atoms with E-state index >= 15 is 0 Å². The number of aryl methyl sites for hydroxylation is 2. The number of aliphatic hydroxyl groups is 2. The maximum atomic E-state index is 12.4. The van der Waals surface area contributed by atoms with Crippen molar-refractivity contribution in [1.29, 1.82) is 0 Å². The van der Waals surface area contributed by atoms with E-state index in [-0.39, 0.29) is 6.54 Å². The summed E-state index contributed by atoms with van der Waals surface area (Å²) >= 11 is 0. The molecule has 0 saturated heterocycles. The van der Waals surface area contributed by atoms with Crippen LogP contribution < -0.4 is 11.2 Å². The molecule has 2 heterocycles. The van der Waals surface area contributed by atoms with Gasteiger partial charge in [0.25, 0.3) is 5.56 Å². The molecule has 8 heteroatoms. The summed E-state index contributed by atoms with van der Waals surface area (Å²) in [5.74, 6) is 0. The van der Waals surface area contributed by atoms with Gasteiger partial charge in [-0.3, -0.25) is 13.9 Å². The summed E-state index contributed by atoms with van der Waals surface area (Å²) in [6.45, 7) is 3.82. The Labute approximate surface area is 114 Å². The van der Waals surface area contributed by atoms with Crippen LogP contribution in [0.2, 0.25) is 0 Å². The van der Waals surface area contributed by atoms with Crippen LogP contribution in [0.4, 0.5) is 0 Å². The molecule has 0 aromatic carbocycles. The maximum absolute atomic E-state index is 12.4. The highest BCUT2D eigenvalue weighted by Gasteiger charge is 2.18. The van der Waals surface area contributed by atoms with Gasteiger partial charge in [0, 0.05) is 13.1 Å². The molecule has 0 spiro atoms. The summed E-state index contributed by atoms with van der Waals surface area (Å²) in [5, 5.41) is 18.4. The van der Waals surface area contributed by atoms with Crippen molar-refractivity contribution in [3.63, 3.8) is 0 Å². The Balaban J connectivity index is 2.81. The molecule has 8 nitrogen and oxygen atoms in total. The van der Waals surface area contributed by atoms with E-state index < -0.39 is 24.0 Å². The van der Waals surface area contributed by atoms with E-state index in [0.717, 1.165) is 4.57 Å². The first kappa shape index (κ1) is 14.5. The molecule has 2 rings (SSSR count). The van der Waals surface area contributed by atoms with E-state index in [1.165, 1.54) is 10.9 Å². The Morgan fingerprint density at radius 3 is 2.50 bits per heavy atom. The number of fused-ring (bicyclic) bond motifs is 1. The zero-order valence-electron chi connectivity index (χ0n) is 11.5. The topological polar surface area (TPSA) is 102 Å². The summed E-state index contributed by atoms with van der Waals surface area (Å²) < 4.78 is 3.98. The summed E-state index contributed by atoms with van der Waals surface area (Å²) in [7, 11) is 0. The number of hydrogen-bond donors (Lipinski definition) is 2. The molecule has 0 radical (unpaired) electrons. The lowest BCUT2D eigenvalue weighted by Crippen LogP contribution is -2.43. The minimum atomic E-state index is -1.15. The second kappa shape index (κ2) is 5.59. The molecular formula is C12H18N4O4. The molecule has 2 N–H and O–H groups in total. The van der Waals surface area contributed by atoms with E-state index in [2.05, 4.69) is 4.98 Å². The fourth-order valence-electron chi connectivity index (χ4n) is 2.19. The molecule has 0 bridgehead atoms. The molecule has 2 aromatic rings. The fourth-order valence-corrected chi connectivity index (χ4v) is 2.19. The van der Waals surface area contributed by atoms with Crippen LogP contribution in [-0.4, -0.2) is 41.6 Å². The molecule has 0 saturated carbocycles. The molecule has 0 aliphatic carbocycles.